The number of benzene rings is 2. The first-order valence-corrected chi connectivity index (χ1v) is 8.94. The van der Waals surface area contributed by atoms with E-state index < -0.39 is 21.8 Å². The lowest BCUT2D eigenvalue weighted by atomic mass is 10.1. The number of aromatic carboxylic acids is 1. The fourth-order valence-electron chi connectivity index (χ4n) is 2.95. The predicted octanol–water partition coefficient (Wildman–Crippen LogP) is 3.12. The van der Waals surface area contributed by atoms with Crippen LogP contribution in [0.1, 0.15) is 33.5 Å². The molecule has 0 saturated heterocycles. The van der Waals surface area contributed by atoms with Gasteiger partial charge in [0.1, 0.15) is 5.82 Å². The number of carbonyl (C=O) groups is 1. The Balaban J connectivity index is 2.10. The zero-order valence-electron chi connectivity index (χ0n) is 13.0. The topological polar surface area (TPSA) is 83.5 Å². The molecule has 0 amide bonds. The molecule has 0 radical (unpaired) electrons. The number of carboxylic acid groups (broad SMARTS) is 1. The Kier molecular flexibility index (Phi) is 4.04. The molecule has 0 bridgehead atoms. The van der Waals surface area contributed by atoms with Crippen LogP contribution in [0.2, 0.25) is 0 Å². The highest BCUT2D eigenvalue weighted by Crippen LogP contribution is 2.31. The molecule has 126 valence electrons. The summed E-state index contributed by atoms with van der Waals surface area (Å²) in [4.78, 5) is 11.2. The molecule has 2 N–H and O–H groups in total. The van der Waals surface area contributed by atoms with Crippen molar-refractivity contribution in [3.05, 3.63) is 58.4 Å². The third-order valence-electron chi connectivity index (χ3n) is 4.08. The van der Waals surface area contributed by atoms with Gasteiger partial charge in [-0.2, -0.15) is 0 Å². The van der Waals surface area contributed by atoms with Crippen LogP contribution in [0.15, 0.2) is 35.2 Å². The normalized spacial score (nSPS) is 13.6. The van der Waals surface area contributed by atoms with Gasteiger partial charge in [0.2, 0.25) is 0 Å². The summed E-state index contributed by atoms with van der Waals surface area (Å²) in [6.45, 7) is 1.72. The second kappa shape index (κ2) is 5.90. The lowest BCUT2D eigenvalue weighted by molar-refractivity contribution is 0.0696. The van der Waals surface area contributed by atoms with Crippen molar-refractivity contribution >= 4 is 21.7 Å². The van der Waals surface area contributed by atoms with E-state index >= 15 is 0 Å². The first-order valence-electron chi connectivity index (χ1n) is 7.46. The molecule has 5 nitrogen and oxygen atoms in total. The highest BCUT2D eigenvalue weighted by Gasteiger charge is 2.27. The van der Waals surface area contributed by atoms with Gasteiger partial charge in [0.15, 0.2) is 0 Å². The average molecular weight is 349 g/mol. The number of sulfonamides is 1. The summed E-state index contributed by atoms with van der Waals surface area (Å²) in [6, 6.07) is 6.77. The maximum atomic E-state index is 13.9. The molecule has 1 aliphatic rings. The monoisotopic (exact) mass is 349 g/mol. The SMILES string of the molecule is Cc1ccc(F)c(NS(=O)(=O)c2cc(C(=O)O)cc3c2CCC3)c1. The molecule has 0 unspecified atom stereocenters. The van der Waals surface area contributed by atoms with Crippen LogP contribution < -0.4 is 4.72 Å². The Morgan fingerprint density at radius 3 is 2.67 bits per heavy atom. The van der Waals surface area contributed by atoms with Crippen LogP contribution in [-0.2, 0) is 22.9 Å². The minimum absolute atomic E-state index is 0.0826. The summed E-state index contributed by atoms with van der Waals surface area (Å²) in [6.07, 6.45) is 1.96. The third kappa shape index (κ3) is 2.99. The van der Waals surface area contributed by atoms with E-state index in [9.17, 15) is 22.7 Å². The maximum absolute atomic E-state index is 13.9. The summed E-state index contributed by atoms with van der Waals surface area (Å²) in [5, 5.41) is 9.20. The van der Waals surface area contributed by atoms with E-state index in [1.54, 1.807) is 6.92 Å². The van der Waals surface area contributed by atoms with Crippen LogP contribution in [0.4, 0.5) is 10.1 Å². The van der Waals surface area contributed by atoms with Gasteiger partial charge in [0.25, 0.3) is 10.0 Å². The molecule has 7 heteroatoms. The van der Waals surface area contributed by atoms with E-state index in [2.05, 4.69) is 4.72 Å². The Hall–Kier alpha value is -2.41. The van der Waals surface area contributed by atoms with Crippen molar-refractivity contribution in [2.75, 3.05) is 4.72 Å². The summed E-state index contributed by atoms with van der Waals surface area (Å²) in [5.74, 6) is -1.88. The average Bonchev–Trinajstić information content (AvgIpc) is 2.97. The van der Waals surface area contributed by atoms with Crippen molar-refractivity contribution in [2.45, 2.75) is 31.1 Å². The first kappa shape index (κ1) is 16.4. The van der Waals surface area contributed by atoms with Gasteiger partial charge in [-0.15, -0.1) is 0 Å². The fourth-order valence-corrected chi connectivity index (χ4v) is 4.34. The Labute approximate surface area is 139 Å². The lowest BCUT2D eigenvalue weighted by Crippen LogP contribution is -2.17. The fraction of sp³-hybridized carbons (Fsp3) is 0.235. The van der Waals surface area contributed by atoms with E-state index in [1.807, 2.05) is 0 Å². The summed E-state index contributed by atoms with van der Waals surface area (Å²) < 4.78 is 41.6. The standard InChI is InChI=1S/C17H16FNO4S/c1-10-5-6-14(18)15(7-10)19-24(22,23)16-9-12(17(20)21)8-11-3-2-4-13(11)16/h5-9,19H,2-4H2,1H3,(H,20,21). The largest absolute Gasteiger partial charge is 0.478 e. The Morgan fingerprint density at radius 1 is 1.21 bits per heavy atom. The van der Waals surface area contributed by atoms with E-state index in [0.717, 1.165) is 18.1 Å². The van der Waals surface area contributed by atoms with Gasteiger partial charge in [-0.3, -0.25) is 4.72 Å². The number of hydrogen-bond donors (Lipinski definition) is 2. The summed E-state index contributed by atoms with van der Waals surface area (Å²) in [7, 11) is -4.09. The molecule has 2 aromatic rings. The smallest absolute Gasteiger partial charge is 0.335 e. The van der Waals surface area contributed by atoms with E-state index in [-0.39, 0.29) is 16.1 Å². The van der Waals surface area contributed by atoms with Crippen molar-refractivity contribution in [3.63, 3.8) is 0 Å². The van der Waals surface area contributed by atoms with Crippen LogP contribution in [0.25, 0.3) is 0 Å². The van der Waals surface area contributed by atoms with E-state index in [0.29, 0.717) is 24.0 Å². The zero-order chi connectivity index (χ0) is 17.5. The Bertz CT molecular complexity index is 938. The molecule has 0 aromatic heterocycles. The zero-order valence-corrected chi connectivity index (χ0v) is 13.8. The molecular formula is C17H16FNO4S. The van der Waals surface area contributed by atoms with Gasteiger partial charge in [-0.1, -0.05) is 6.07 Å². The summed E-state index contributed by atoms with van der Waals surface area (Å²) in [5.41, 5.74) is 1.81. The summed E-state index contributed by atoms with van der Waals surface area (Å²) >= 11 is 0. The quantitative estimate of drug-likeness (QED) is 0.888. The van der Waals surface area contributed by atoms with Gasteiger partial charge in [-0.05, 0) is 67.1 Å². The van der Waals surface area contributed by atoms with Gasteiger partial charge < -0.3 is 5.11 Å². The molecule has 0 spiro atoms. The van der Waals surface area contributed by atoms with Gasteiger partial charge in [0.05, 0.1) is 16.1 Å². The highest BCUT2D eigenvalue weighted by molar-refractivity contribution is 7.92. The highest BCUT2D eigenvalue weighted by atomic mass is 32.2. The molecule has 0 atom stereocenters. The number of carboxylic acids is 1. The molecule has 3 rings (SSSR count). The van der Waals surface area contributed by atoms with Gasteiger partial charge >= 0.3 is 5.97 Å². The molecule has 1 aliphatic carbocycles. The molecule has 2 aromatic carbocycles. The number of aryl methyl sites for hydroxylation is 2. The second-order valence-electron chi connectivity index (χ2n) is 5.86. The number of rotatable bonds is 4. The van der Waals surface area contributed by atoms with Crippen molar-refractivity contribution in [1.29, 1.82) is 0 Å². The number of anilines is 1. The molecular weight excluding hydrogens is 333 g/mol. The maximum Gasteiger partial charge on any atom is 0.335 e. The number of halogens is 1. The number of nitrogens with one attached hydrogen (secondary N) is 1. The van der Waals surface area contributed by atoms with Crippen LogP contribution in [0.5, 0.6) is 0 Å². The molecule has 0 aliphatic heterocycles. The van der Waals surface area contributed by atoms with Crippen LogP contribution in [-0.4, -0.2) is 19.5 Å². The minimum Gasteiger partial charge on any atom is -0.478 e. The number of fused-ring (bicyclic) bond motifs is 1. The van der Waals surface area contributed by atoms with E-state index in [4.69, 9.17) is 0 Å². The van der Waals surface area contributed by atoms with Crippen molar-refractivity contribution in [1.82, 2.24) is 0 Å². The molecule has 0 saturated carbocycles. The van der Waals surface area contributed by atoms with Crippen LogP contribution in [0.3, 0.4) is 0 Å². The van der Waals surface area contributed by atoms with Crippen molar-refractivity contribution < 1.29 is 22.7 Å². The number of hydrogen-bond acceptors (Lipinski definition) is 3. The van der Waals surface area contributed by atoms with Crippen molar-refractivity contribution in [3.8, 4) is 0 Å². The predicted molar refractivity (Wildman–Crippen MR) is 87.4 cm³/mol. The molecule has 0 heterocycles. The van der Waals surface area contributed by atoms with E-state index in [1.165, 1.54) is 24.3 Å². The minimum atomic E-state index is -4.09. The second-order valence-corrected chi connectivity index (χ2v) is 7.51. The van der Waals surface area contributed by atoms with Crippen LogP contribution >= 0.6 is 0 Å². The van der Waals surface area contributed by atoms with Crippen molar-refractivity contribution in [2.24, 2.45) is 0 Å². The molecule has 0 fully saturated rings. The third-order valence-corrected chi connectivity index (χ3v) is 5.51. The van der Waals surface area contributed by atoms with Crippen LogP contribution in [0, 0.1) is 12.7 Å². The molecule has 24 heavy (non-hydrogen) atoms. The van der Waals surface area contributed by atoms with Gasteiger partial charge in [0, 0.05) is 0 Å². The lowest BCUT2D eigenvalue weighted by Gasteiger charge is -2.14. The Morgan fingerprint density at radius 2 is 1.96 bits per heavy atom. The van der Waals surface area contributed by atoms with Gasteiger partial charge in [-0.25, -0.2) is 17.6 Å². The first-order chi connectivity index (χ1) is 11.3.